The standard InChI is InChI=1S/C20H41Cl2O3PS/c1-3-4-5-6-7-8-9-10-11-12-13-14-15-16-17-27-19-20(24-2)18-25-26(21,22)23/h20H,3-19H2,1-2H3/t20-/m0/s1. The molecule has 0 spiro atoms. The summed E-state index contributed by atoms with van der Waals surface area (Å²) < 4.78 is 21.3. The Bertz CT molecular complexity index is 356. The lowest BCUT2D eigenvalue weighted by molar-refractivity contribution is 0.0785. The summed E-state index contributed by atoms with van der Waals surface area (Å²) in [7, 11) is 1.62. The minimum absolute atomic E-state index is 0.118. The van der Waals surface area contributed by atoms with E-state index < -0.39 is 6.07 Å². The van der Waals surface area contributed by atoms with Gasteiger partial charge in [0.05, 0.1) is 12.7 Å². The number of hydrogen-bond donors (Lipinski definition) is 0. The van der Waals surface area contributed by atoms with Crippen LogP contribution in [0.25, 0.3) is 0 Å². The first-order chi connectivity index (χ1) is 13.0. The van der Waals surface area contributed by atoms with Gasteiger partial charge in [-0.3, -0.25) is 4.57 Å². The van der Waals surface area contributed by atoms with Crippen molar-refractivity contribution in [2.45, 2.75) is 103 Å². The zero-order chi connectivity index (χ0) is 20.2. The van der Waals surface area contributed by atoms with Crippen LogP contribution in [0.5, 0.6) is 0 Å². The third kappa shape index (κ3) is 23.2. The van der Waals surface area contributed by atoms with E-state index in [1.807, 2.05) is 11.8 Å². The molecule has 0 fully saturated rings. The maximum atomic E-state index is 11.1. The van der Waals surface area contributed by atoms with Gasteiger partial charge in [-0.2, -0.15) is 11.8 Å². The Labute approximate surface area is 182 Å². The first-order valence-corrected chi connectivity index (χ1v) is 15.3. The summed E-state index contributed by atoms with van der Waals surface area (Å²) in [6, 6.07) is 0. The molecule has 0 amide bonds. The molecule has 0 saturated heterocycles. The topological polar surface area (TPSA) is 35.5 Å². The zero-order valence-electron chi connectivity index (χ0n) is 17.4. The maximum absolute atomic E-state index is 11.1. The van der Waals surface area contributed by atoms with Gasteiger partial charge in [0.2, 0.25) is 0 Å². The van der Waals surface area contributed by atoms with Gasteiger partial charge in [0.25, 0.3) is 0 Å². The molecular formula is C20H41Cl2O3PS. The Morgan fingerprint density at radius 1 is 0.815 bits per heavy atom. The summed E-state index contributed by atoms with van der Waals surface area (Å²) in [6.07, 6.45) is 15.8. The van der Waals surface area contributed by atoms with Crippen molar-refractivity contribution < 1.29 is 13.8 Å². The van der Waals surface area contributed by atoms with Crippen molar-refractivity contribution in [3.8, 4) is 0 Å². The molecular weight excluding hydrogens is 422 g/mol. The lowest BCUT2D eigenvalue weighted by Gasteiger charge is -2.15. The van der Waals surface area contributed by atoms with Gasteiger partial charge < -0.3 is 9.26 Å². The number of halogens is 2. The molecule has 0 heterocycles. The number of hydrogen-bond acceptors (Lipinski definition) is 4. The van der Waals surface area contributed by atoms with Crippen LogP contribution in [0.2, 0.25) is 0 Å². The Morgan fingerprint density at radius 2 is 1.26 bits per heavy atom. The minimum Gasteiger partial charge on any atom is -0.378 e. The van der Waals surface area contributed by atoms with Crippen molar-refractivity contribution >= 4 is 40.3 Å². The van der Waals surface area contributed by atoms with E-state index in [-0.39, 0.29) is 12.7 Å². The Kier molecular flexibility index (Phi) is 21.2. The van der Waals surface area contributed by atoms with Crippen molar-refractivity contribution in [3.05, 3.63) is 0 Å². The quantitative estimate of drug-likeness (QED) is 0.126. The summed E-state index contributed by atoms with van der Waals surface area (Å²) >= 11 is 12.6. The molecule has 0 aromatic heterocycles. The highest BCUT2D eigenvalue weighted by Crippen LogP contribution is 2.57. The van der Waals surface area contributed by atoms with Crippen molar-refractivity contribution in [3.63, 3.8) is 0 Å². The number of methoxy groups -OCH3 is 1. The molecule has 0 saturated carbocycles. The van der Waals surface area contributed by atoms with Gasteiger partial charge in [0.1, 0.15) is 0 Å². The summed E-state index contributed by atoms with van der Waals surface area (Å²) in [4.78, 5) is 0. The molecule has 7 heteroatoms. The van der Waals surface area contributed by atoms with Crippen molar-refractivity contribution in [1.29, 1.82) is 0 Å². The molecule has 1 atom stereocenters. The molecule has 0 aliphatic carbocycles. The molecule has 3 nitrogen and oxygen atoms in total. The second kappa shape index (κ2) is 20.4. The lowest BCUT2D eigenvalue weighted by atomic mass is 10.0. The maximum Gasteiger partial charge on any atom is 0.380 e. The Hall–Kier alpha value is 1.08. The van der Waals surface area contributed by atoms with Gasteiger partial charge >= 0.3 is 6.07 Å². The van der Waals surface area contributed by atoms with E-state index in [2.05, 4.69) is 6.92 Å². The smallest absolute Gasteiger partial charge is 0.378 e. The molecule has 164 valence electrons. The van der Waals surface area contributed by atoms with Crippen LogP contribution >= 0.6 is 40.3 Å². The number of thioether (sulfide) groups is 1. The fraction of sp³-hybridized carbons (Fsp3) is 1.00. The van der Waals surface area contributed by atoms with Crippen molar-refractivity contribution in [2.24, 2.45) is 0 Å². The molecule has 27 heavy (non-hydrogen) atoms. The molecule has 0 aliphatic heterocycles. The van der Waals surface area contributed by atoms with Crippen LogP contribution in [0, 0.1) is 0 Å². The average molecular weight is 463 g/mol. The highest BCUT2D eigenvalue weighted by Gasteiger charge is 2.18. The van der Waals surface area contributed by atoms with E-state index in [9.17, 15) is 4.57 Å². The monoisotopic (exact) mass is 462 g/mol. The fourth-order valence-electron chi connectivity index (χ4n) is 2.97. The largest absolute Gasteiger partial charge is 0.380 e. The number of ether oxygens (including phenoxy) is 1. The normalized spacial score (nSPS) is 13.2. The second-order valence-electron chi connectivity index (χ2n) is 7.24. The van der Waals surface area contributed by atoms with Crippen molar-refractivity contribution in [2.75, 3.05) is 25.2 Å². The minimum atomic E-state index is -3.45. The van der Waals surface area contributed by atoms with Gasteiger partial charge in [-0.25, -0.2) is 0 Å². The van der Waals surface area contributed by atoms with E-state index in [4.69, 9.17) is 31.7 Å². The molecule has 0 bridgehead atoms. The molecule has 0 aromatic rings. The van der Waals surface area contributed by atoms with E-state index in [0.717, 1.165) is 11.5 Å². The summed E-state index contributed by atoms with van der Waals surface area (Å²) in [5, 5.41) is 0. The molecule has 0 rings (SSSR count). The predicted molar refractivity (Wildman–Crippen MR) is 124 cm³/mol. The summed E-state index contributed by atoms with van der Waals surface area (Å²) in [5.41, 5.74) is 0. The van der Waals surface area contributed by atoms with Gasteiger partial charge in [0, 0.05) is 12.9 Å². The van der Waals surface area contributed by atoms with E-state index >= 15 is 0 Å². The van der Waals surface area contributed by atoms with Crippen LogP contribution in [0.1, 0.15) is 96.8 Å². The average Bonchev–Trinajstić information content (AvgIpc) is 2.63. The summed E-state index contributed by atoms with van der Waals surface area (Å²) in [6.45, 7) is 2.45. The van der Waals surface area contributed by atoms with Crippen LogP contribution < -0.4 is 0 Å². The van der Waals surface area contributed by atoms with E-state index in [0.29, 0.717) is 0 Å². The second-order valence-corrected chi connectivity index (χ2v) is 12.7. The van der Waals surface area contributed by atoms with Crippen LogP contribution in [0.4, 0.5) is 0 Å². The van der Waals surface area contributed by atoms with Crippen LogP contribution in [-0.2, 0) is 13.8 Å². The highest BCUT2D eigenvalue weighted by atomic mass is 35.9. The van der Waals surface area contributed by atoms with Gasteiger partial charge in [-0.1, -0.05) is 90.4 Å². The Morgan fingerprint density at radius 3 is 1.67 bits per heavy atom. The van der Waals surface area contributed by atoms with Crippen LogP contribution in [0.3, 0.4) is 0 Å². The number of unbranched alkanes of at least 4 members (excludes halogenated alkanes) is 13. The van der Waals surface area contributed by atoms with Gasteiger partial charge in [-0.05, 0) is 34.7 Å². The third-order valence-electron chi connectivity index (χ3n) is 4.69. The molecule has 0 aromatic carbocycles. The molecule has 0 aliphatic rings. The Balaban J connectivity index is 3.25. The molecule has 0 N–H and O–H groups in total. The fourth-order valence-corrected chi connectivity index (χ4v) is 4.72. The highest BCUT2D eigenvalue weighted by molar-refractivity contribution is 8.05. The first-order valence-electron chi connectivity index (χ1n) is 10.7. The zero-order valence-corrected chi connectivity index (χ0v) is 20.7. The lowest BCUT2D eigenvalue weighted by Crippen LogP contribution is -2.19. The van der Waals surface area contributed by atoms with Crippen LogP contribution in [-0.4, -0.2) is 31.3 Å². The number of rotatable bonds is 21. The predicted octanol–water partition coefficient (Wildman–Crippen LogP) is 8.82. The van der Waals surface area contributed by atoms with E-state index in [1.165, 1.54) is 89.9 Å². The van der Waals surface area contributed by atoms with Gasteiger partial charge in [0.15, 0.2) is 0 Å². The third-order valence-corrected chi connectivity index (χ3v) is 6.91. The first kappa shape index (κ1) is 28.1. The SMILES string of the molecule is CCCCCCCCCCCCCCCCSC[C@H](COP(=O)(Cl)Cl)OC. The van der Waals surface area contributed by atoms with Crippen molar-refractivity contribution in [1.82, 2.24) is 0 Å². The van der Waals surface area contributed by atoms with Crippen LogP contribution in [0.15, 0.2) is 0 Å². The molecule has 0 unspecified atom stereocenters. The summed E-state index contributed by atoms with van der Waals surface area (Å²) in [5.74, 6) is 1.93. The van der Waals surface area contributed by atoms with E-state index in [1.54, 1.807) is 7.11 Å². The van der Waals surface area contributed by atoms with Gasteiger partial charge in [-0.15, -0.1) is 0 Å². The molecule has 0 radical (unpaired) electrons.